The third-order valence-electron chi connectivity index (χ3n) is 10.0. The Labute approximate surface area is 284 Å². The van der Waals surface area contributed by atoms with Crippen molar-refractivity contribution < 1.29 is 4.42 Å². The summed E-state index contributed by atoms with van der Waals surface area (Å²) in [6.07, 6.45) is 0. The molecule has 0 atom stereocenters. The number of fused-ring (bicyclic) bond motifs is 6. The molecule has 1 aromatic heterocycles. The van der Waals surface area contributed by atoms with Crippen molar-refractivity contribution in [3.63, 3.8) is 0 Å². The van der Waals surface area contributed by atoms with Gasteiger partial charge in [0.05, 0.1) is 0 Å². The fourth-order valence-corrected chi connectivity index (χ4v) is 7.75. The molecule has 1 heterocycles. The lowest BCUT2D eigenvalue weighted by Gasteiger charge is -2.18. The molecule has 0 amide bonds. The van der Waals surface area contributed by atoms with E-state index in [-0.39, 0.29) is 0 Å². The van der Waals surface area contributed by atoms with Crippen LogP contribution in [0.4, 0.5) is 0 Å². The van der Waals surface area contributed by atoms with E-state index in [1.807, 2.05) is 0 Å². The summed E-state index contributed by atoms with van der Waals surface area (Å²) >= 11 is 0. The normalized spacial score (nSPS) is 11.7. The molecule has 0 aliphatic heterocycles. The third-order valence-corrected chi connectivity index (χ3v) is 10.0. The van der Waals surface area contributed by atoms with Crippen LogP contribution in [-0.2, 0) is 0 Å². The third kappa shape index (κ3) is 4.47. The fourth-order valence-electron chi connectivity index (χ4n) is 7.75. The molecular weight excluding hydrogens is 593 g/mol. The Morgan fingerprint density at radius 1 is 0.286 bits per heavy atom. The molecular formula is C48H30O. The molecule has 0 saturated heterocycles. The minimum absolute atomic E-state index is 0.903. The zero-order valence-electron chi connectivity index (χ0n) is 26.7. The van der Waals surface area contributed by atoms with Crippen molar-refractivity contribution in [2.24, 2.45) is 0 Å². The van der Waals surface area contributed by atoms with Gasteiger partial charge in [-0.05, 0) is 90.0 Å². The Bertz CT molecular complexity index is 2800. The summed E-state index contributed by atoms with van der Waals surface area (Å²) in [5.74, 6) is 0. The maximum absolute atomic E-state index is 6.80. The van der Waals surface area contributed by atoms with E-state index < -0.39 is 0 Å². The van der Waals surface area contributed by atoms with Crippen LogP contribution in [0, 0.1) is 0 Å². The molecule has 10 rings (SSSR count). The molecule has 228 valence electrons. The van der Waals surface area contributed by atoms with Crippen LogP contribution in [0.15, 0.2) is 186 Å². The minimum Gasteiger partial charge on any atom is -0.455 e. The average molecular weight is 623 g/mol. The molecule has 0 saturated carbocycles. The zero-order chi connectivity index (χ0) is 32.3. The van der Waals surface area contributed by atoms with Crippen molar-refractivity contribution in [2.75, 3.05) is 0 Å². The van der Waals surface area contributed by atoms with Gasteiger partial charge >= 0.3 is 0 Å². The van der Waals surface area contributed by atoms with Crippen molar-refractivity contribution in [1.29, 1.82) is 0 Å². The first-order valence-electron chi connectivity index (χ1n) is 16.8. The van der Waals surface area contributed by atoms with Crippen LogP contribution in [0.2, 0.25) is 0 Å². The van der Waals surface area contributed by atoms with Gasteiger partial charge in [-0.3, -0.25) is 0 Å². The van der Waals surface area contributed by atoms with Crippen LogP contribution in [0.25, 0.3) is 98.8 Å². The smallest absolute Gasteiger partial charge is 0.143 e. The second kappa shape index (κ2) is 11.1. The highest BCUT2D eigenvalue weighted by molar-refractivity contribution is 6.24. The summed E-state index contributed by atoms with van der Waals surface area (Å²) in [5, 5.41) is 9.63. The summed E-state index contributed by atoms with van der Waals surface area (Å²) in [6, 6.07) is 65.6. The number of hydrogen-bond acceptors (Lipinski definition) is 1. The molecule has 0 unspecified atom stereocenters. The van der Waals surface area contributed by atoms with Gasteiger partial charge in [0.15, 0.2) is 0 Å². The summed E-state index contributed by atoms with van der Waals surface area (Å²) < 4.78 is 6.80. The van der Waals surface area contributed by atoms with Gasteiger partial charge in [0, 0.05) is 21.9 Å². The highest BCUT2D eigenvalue weighted by Crippen LogP contribution is 2.47. The Hall–Kier alpha value is -6.44. The van der Waals surface area contributed by atoms with Gasteiger partial charge in [-0.15, -0.1) is 0 Å². The molecule has 1 nitrogen and oxygen atoms in total. The number of para-hydroxylation sites is 1. The van der Waals surface area contributed by atoms with Gasteiger partial charge in [0.25, 0.3) is 0 Å². The standard InChI is InChI=1S/C48H30O/c1-3-12-31(13-4-1)33-22-23-35-29-37(25-24-34(35)28-33)46-39-16-7-9-18-41(39)47(42-19-10-8-17-40(42)46)44-21-11-20-43-38-27-26-36(30-45(38)49-48(43)44)32-14-5-2-6-15-32/h1-30H. The zero-order valence-corrected chi connectivity index (χ0v) is 26.7. The molecule has 0 bridgehead atoms. The molecule has 0 aliphatic rings. The van der Waals surface area contributed by atoms with Gasteiger partial charge in [-0.1, -0.05) is 158 Å². The van der Waals surface area contributed by atoms with Gasteiger partial charge in [-0.2, -0.15) is 0 Å². The molecule has 0 radical (unpaired) electrons. The molecule has 1 heteroatoms. The van der Waals surface area contributed by atoms with E-state index in [9.17, 15) is 0 Å². The van der Waals surface area contributed by atoms with E-state index in [1.54, 1.807) is 0 Å². The predicted molar refractivity (Wildman–Crippen MR) is 208 cm³/mol. The Morgan fingerprint density at radius 2 is 0.776 bits per heavy atom. The largest absolute Gasteiger partial charge is 0.455 e. The highest BCUT2D eigenvalue weighted by Gasteiger charge is 2.20. The van der Waals surface area contributed by atoms with Crippen molar-refractivity contribution >= 4 is 54.3 Å². The van der Waals surface area contributed by atoms with Gasteiger partial charge < -0.3 is 4.42 Å². The van der Waals surface area contributed by atoms with Crippen LogP contribution in [-0.4, -0.2) is 0 Å². The molecule has 0 spiro atoms. The average Bonchev–Trinajstić information content (AvgIpc) is 3.56. The number of furan rings is 1. The van der Waals surface area contributed by atoms with E-state index in [4.69, 9.17) is 4.42 Å². The second-order valence-electron chi connectivity index (χ2n) is 12.8. The summed E-state index contributed by atoms with van der Waals surface area (Å²) in [4.78, 5) is 0. The van der Waals surface area contributed by atoms with Crippen molar-refractivity contribution in [1.82, 2.24) is 0 Å². The van der Waals surface area contributed by atoms with Gasteiger partial charge in [0.2, 0.25) is 0 Å². The Kier molecular flexibility index (Phi) is 6.25. The second-order valence-corrected chi connectivity index (χ2v) is 12.8. The van der Waals surface area contributed by atoms with E-state index in [0.717, 1.165) is 33.1 Å². The summed E-state index contributed by atoms with van der Waals surface area (Å²) in [7, 11) is 0. The quantitative estimate of drug-likeness (QED) is 0.178. The monoisotopic (exact) mass is 622 g/mol. The van der Waals surface area contributed by atoms with Gasteiger partial charge in [0.1, 0.15) is 11.2 Å². The van der Waals surface area contributed by atoms with Crippen LogP contribution < -0.4 is 0 Å². The predicted octanol–water partition coefficient (Wildman–Crippen LogP) is 13.7. The molecule has 9 aromatic carbocycles. The van der Waals surface area contributed by atoms with Gasteiger partial charge in [-0.25, -0.2) is 0 Å². The maximum Gasteiger partial charge on any atom is 0.143 e. The molecule has 10 aromatic rings. The topological polar surface area (TPSA) is 13.1 Å². The van der Waals surface area contributed by atoms with E-state index in [0.29, 0.717) is 0 Å². The van der Waals surface area contributed by atoms with Crippen molar-refractivity contribution in [3.8, 4) is 44.5 Å². The van der Waals surface area contributed by atoms with Crippen molar-refractivity contribution in [3.05, 3.63) is 182 Å². The SMILES string of the molecule is c1ccc(-c2ccc3cc(-c4c5ccccc5c(-c5cccc6c5oc5cc(-c7ccccc7)ccc56)c5ccccc45)ccc3c2)cc1. The lowest BCUT2D eigenvalue weighted by Crippen LogP contribution is -1.91. The van der Waals surface area contributed by atoms with E-state index >= 15 is 0 Å². The van der Waals surface area contributed by atoms with Crippen LogP contribution in [0.1, 0.15) is 0 Å². The number of rotatable bonds is 4. The molecule has 0 N–H and O–H groups in total. The number of benzene rings is 9. The first kappa shape index (κ1) is 27.7. The first-order chi connectivity index (χ1) is 24.3. The molecule has 0 fully saturated rings. The van der Waals surface area contributed by atoms with Crippen LogP contribution in [0.3, 0.4) is 0 Å². The summed E-state index contributed by atoms with van der Waals surface area (Å²) in [6.45, 7) is 0. The van der Waals surface area contributed by atoms with Crippen LogP contribution in [0.5, 0.6) is 0 Å². The highest BCUT2D eigenvalue weighted by atomic mass is 16.3. The fraction of sp³-hybridized carbons (Fsp3) is 0. The van der Waals surface area contributed by atoms with E-state index in [1.165, 1.54) is 65.7 Å². The lowest BCUT2D eigenvalue weighted by molar-refractivity contribution is 0.670. The molecule has 49 heavy (non-hydrogen) atoms. The summed E-state index contributed by atoms with van der Waals surface area (Å²) in [5.41, 5.74) is 11.4. The van der Waals surface area contributed by atoms with Crippen LogP contribution >= 0.6 is 0 Å². The number of hydrogen-bond donors (Lipinski definition) is 0. The lowest BCUT2D eigenvalue weighted by atomic mass is 9.85. The Balaban J connectivity index is 1.19. The molecule has 0 aliphatic carbocycles. The first-order valence-corrected chi connectivity index (χ1v) is 16.8. The Morgan fingerprint density at radius 3 is 1.41 bits per heavy atom. The van der Waals surface area contributed by atoms with E-state index in [2.05, 4.69) is 182 Å². The maximum atomic E-state index is 6.80. The minimum atomic E-state index is 0.903. The van der Waals surface area contributed by atoms with Crippen molar-refractivity contribution in [2.45, 2.75) is 0 Å².